The molecule has 0 radical (unpaired) electrons. The molecule has 0 fully saturated rings. The van der Waals surface area contributed by atoms with E-state index in [9.17, 15) is 4.39 Å². The van der Waals surface area contributed by atoms with Gasteiger partial charge in [0.1, 0.15) is 11.6 Å². The van der Waals surface area contributed by atoms with Gasteiger partial charge < -0.3 is 24.7 Å². The Kier molecular flexibility index (Phi) is 6.47. The summed E-state index contributed by atoms with van der Waals surface area (Å²) < 4.78 is 35.2. The normalized spacial score (nSPS) is 11.8. The number of ether oxygens (including phenoxy) is 4. The highest BCUT2D eigenvalue weighted by atomic mass is 19.1. The molecule has 0 bridgehead atoms. The van der Waals surface area contributed by atoms with Gasteiger partial charge in [-0.1, -0.05) is 0 Å². The van der Waals surface area contributed by atoms with Crippen LogP contribution >= 0.6 is 0 Å². The maximum Gasteiger partial charge on any atom is 0.203 e. The molecule has 0 aliphatic carbocycles. The van der Waals surface area contributed by atoms with Gasteiger partial charge in [-0.3, -0.25) is 0 Å². The van der Waals surface area contributed by atoms with Crippen molar-refractivity contribution in [2.75, 3.05) is 35.0 Å². The van der Waals surface area contributed by atoms with Crippen LogP contribution in [0, 0.1) is 5.82 Å². The van der Waals surface area contributed by atoms with E-state index in [0.717, 1.165) is 11.1 Å². The number of methoxy groups -OCH3 is 4. The summed E-state index contributed by atoms with van der Waals surface area (Å²) in [5.41, 5.74) is 7.63. The van der Waals surface area contributed by atoms with Gasteiger partial charge in [0.05, 0.1) is 28.4 Å². The molecule has 0 aromatic heterocycles. The lowest BCUT2D eigenvalue weighted by molar-refractivity contribution is 0.323. The summed E-state index contributed by atoms with van der Waals surface area (Å²) in [7, 11) is 6.25. The molecule has 0 aliphatic heterocycles. The summed E-state index contributed by atoms with van der Waals surface area (Å²) in [5, 5.41) is 0. The lowest BCUT2D eigenvalue weighted by Gasteiger charge is -2.20. The molecule has 5 nitrogen and oxygen atoms in total. The fraction of sp³-hybridized carbons (Fsp3) is 0.368. The van der Waals surface area contributed by atoms with Crippen molar-refractivity contribution in [1.82, 2.24) is 0 Å². The highest BCUT2D eigenvalue weighted by Crippen LogP contribution is 2.39. The van der Waals surface area contributed by atoms with Crippen LogP contribution < -0.4 is 24.7 Å². The molecular formula is C19H24FNO4. The third-order valence-electron chi connectivity index (χ3n) is 4.12. The molecule has 1 atom stereocenters. The SMILES string of the molecule is COc1ccc(F)cc1C(CN)Cc1cc(OC)c(OC)c(OC)c1. The minimum absolute atomic E-state index is 0.117. The van der Waals surface area contributed by atoms with Crippen LogP contribution in [0.3, 0.4) is 0 Å². The van der Waals surface area contributed by atoms with Crippen LogP contribution in [0.1, 0.15) is 17.0 Å². The standard InChI is InChI=1S/C19H24FNO4/c1-22-16-6-5-14(20)10-15(16)13(11-21)7-12-8-17(23-2)19(25-4)18(9-12)24-3/h5-6,8-10,13H,7,11,21H2,1-4H3. The van der Waals surface area contributed by atoms with Gasteiger partial charge in [0.2, 0.25) is 5.75 Å². The summed E-state index contributed by atoms with van der Waals surface area (Å²) in [6.07, 6.45) is 0.576. The first kappa shape index (κ1) is 18.9. The van der Waals surface area contributed by atoms with E-state index < -0.39 is 0 Å². The van der Waals surface area contributed by atoms with Crippen molar-refractivity contribution in [3.63, 3.8) is 0 Å². The number of rotatable bonds is 8. The minimum atomic E-state index is -0.320. The van der Waals surface area contributed by atoms with E-state index in [1.54, 1.807) is 34.5 Å². The number of hydrogen-bond acceptors (Lipinski definition) is 5. The van der Waals surface area contributed by atoms with Gasteiger partial charge in [-0.2, -0.15) is 0 Å². The van der Waals surface area contributed by atoms with E-state index in [1.807, 2.05) is 12.1 Å². The highest BCUT2D eigenvalue weighted by molar-refractivity contribution is 5.54. The van der Waals surface area contributed by atoms with Crippen LogP contribution in [0.4, 0.5) is 4.39 Å². The van der Waals surface area contributed by atoms with Crippen LogP contribution in [-0.2, 0) is 6.42 Å². The average molecular weight is 349 g/mol. The molecular weight excluding hydrogens is 325 g/mol. The Morgan fingerprint density at radius 3 is 1.96 bits per heavy atom. The lowest BCUT2D eigenvalue weighted by atomic mass is 9.91. The van der Waals surface area contributed by atoms with Gasteiger partial charge in [-0.25, -0.2) is 4.39 Å². The second-order valence-corrected chi connectivity index (χ2v) is 5.56. The summed E-state index contributed by atoms with van der Waals surface area (Å²) >= 11 is 0. The van der Waals surface area contributed by atoms with Gasteiger partial charge >= 0.3 is 0 Å². The molecule has 0 spiro atoms. The quantitative estimate of drug-likeness (QED) is 0.793. The molecule has 0 saturated carbocycles. The van der Waals surface area contributed by atoms with E-state index in [-0.39, 0.29) is 11.7 Å². The fourth-order valence-corrected chi connectivity index (χ4v) is 2.88. The Bertz CT molecular complexity index is 696. The van der Waals surface area contributed by atoms with Crippen molar-refractivity contribution in [2.24, 2.45) is 5.73 Å². The Morgan fingerprint density at radius 1 is 0.880 bits per heavy atom. The average Bonchev–Trinajstić information content (AvgIpc) is 2.64. The molecule has 136 valence electrons. The molecule has 25 heavy (non-hydrogen) atoms. The fourth-order valence-electron chi connectivity index (χ4n) is 2.88. The van der Waals surface area contributed by atoms with Crippen molar-refractivity contribution < 1.29 is 23.3 Å². The van der Waals surface area contributed by atoms with Crippen molar-refractivity contribution in [3.8, 4) is 23.0 Å². The first-order chi connectivity index (χ1) is 12.1. The topological polar surface area (TPSA) is 62.9 Å². The molecule has 6 heteroatoms. The van der Waals surface area contributed by atoms with Gasteiger partial charge in [-0.15, -0.1) is 0 Å². The zero-order valence-corrected chi connectivity index (χ0v) is 15.0. The maximum absolute atomic E-state index is 13.7. The van der Waals surface area contributed by atoms with Crippen LogP contribution in [0.2, 0.25) is 0 Å². The van der Waals surface area contributed by atoms with Crippen molar-refractivity contribution in [2.45, 2.75) is 12.3 Å². The van der Waals surface area contributed by atoms with E-state index >= 15 is 0 Å². The first-order valence-corrected chi connectivity index (χ1v) is 7.90. The van der Waals surface area contributed by atoms with E-state index in [1.165, 1.54) is 12.1 Å². The number of hydrogen-bond donors (Lipinski definition) is 1. The van der Waals surface area contributed by atoms with Gasteiger partial charge in [0.25, 0.3) is 0 Å². The highest BCUT2D eigenvalue weighted by Gasteiger charge is 2.19. The second kappa shape index (κ2) is 8.58. The molecule has 2 N–H and O–H groups in total. The van der Waals surface area contributed by atoms with Crippen LogP contribution in [0.5, 0.6) is 23.0 Å². The number of halogens is 1. The second-order valence-electron chi connectivity index (χ2n) is 5.56. The molecule has 0 aliphatic rings. The Labute approximate surface area is 147 Å². The summed E-state index contributed by atoms with van der Waals surface area (Å²) in [5.74, 6) is 1.84. The predicted octanol–water partition coefficient (Wildman–Crippen LogP) is 3.15. The zero-order chi connectivity index (χ0) is 18.4. The number of benzene rings is 2. The van der Waals surface area contributed by atoms with Crippen LogP contribution in [-0.4, -0.2) is 35.0 Å². The summed E-state index contributed by atoms with van der Waals surface area (Å²) in [6.45, 7) is 0.344. The zero-order valence-electron chi connectivity index (χ0n) is 15.0. The molecule has 2 aromatic carbocycles. The van der Waals surface area contributed by atoms with Crippen molar-refractivity contribution >= 4 is 0 Å². The van der Waals surface area contributed by atoms with Gasteiger partial charge in [-0.05, 0) is 48.9 Å². The van der Waals surface area contributed by atoms with Crippen LogP contribution in [0.15, 0.2) is 30.3 Å². The summed E-state index contributed by atoms with van der Waals surface area (Å²) in [4.78, 5) is 0. The maximum atomic E-state index is 13.7. The minimum Gasteiger partial charge on any atom is -0.496 e. The third kappa shape index (κ3) is 4.14. The van der Waals surface area contributed by atoms with E-state index in [4.69, 9.17) is 24.7 Å². The van der Waals surface area contributed by atoms with E-state index in [2.05, 4.69) is 0 Å². The van der Waals surface area contributed by atoms with Gasteiger partial charge in [0, 0.05) is 11.5 Å². The van der Waals surface area contributed by atoms with Crippen molar-refractivity contribution in [3.05, 3.63) is 47.3 Å². The smallest absolute Gasteiger partial charge is 0.203 e. The predicted molar refractivity (Wildman–Crippen MR) is 94.5 cm³/mol. The Hall–Kier alpha value is -2.47. The molecule has 1 unspecified atom stereocenters. The molecule has 0 heterocycles. The van der Waals surface area contributed by atoms with E-state index in [0.29, 0.717) is 36.0 Å². The van der Waals surface area contributed by atoms with Crippen LogP contribution in [0.25, 0.3) is 0 Å². The van der Waals surface area contributed by atoms with Gasteiger partial charge in [0.15, 0.2) is 11.5 Å². The molecule has 2 rings (SSSR count). The Balaban J connectivity index is 2.41. The number of nitrogens with two attached hydrogens (primary N) is 1. The summed E-state index contributed by atoms with van der Waals surface area (Å²) in [6, 6.07) is 8.19. The molecule has 2 aromatic rings. The molecule has 0 amide bonds. The third-order valence-corrected chi connectivity index (χ3v) is 4.12. The Morgan fingerprint density at radius 2 is 1.48 bits per heavy atom. The largest absolute Gasteiger partial charge is 0.496 e. The lowest BCUT2D eigenvalue weighted by Crippen LogP contribution is -2.16. The van der Waals surface area contributed by atoms with Crippen molar-refractivity contribution in [1.29, 1.82) is 0 Å². The monoisotopic (exact) mass is 349 g/mol. The first-order valence-electron chi connectivity index (χ1n) is 7.90. The molecule has 0 saturated heterocycles.